The molecule has 0 saturated carbocycles. The summed E-state index contributed by atoms with van der Waals surface area (Å²) in [7, 11) is 0. The SMILES string of the molecule is CC(C)CSc1nsc(NC(=O)/C(C#N)=C\c2ccc(SCc3ccco3)o2)n1. The molecular weight excluding hydrogens is 428 g/mol. The van der Waals surface area contributed by atoms with Gasteiger partial charge in [-0.25, -0.2) is 0 Å². The number of rotatable bonds is 9. The van der Waals surface area contributed by atoms with Crippen LogP contribution in [-0.4, -0.2) is 21.0 Å². The van der Waals surface area contributed by atoms with Crippen LogP contribution in [0.1, 0.15) is 25.4 Å². The van der Waals surface area contributed by atoms with Crippen LogP contribution in [-0.2, 0) is 10.5 Å². The lowest BCUT2D eigenvalue weighted by Crippen LogP contribution is -2.13. The molecule has 0 fully saturated rings. The molecule has 3 rings (SSSR count). The van der Waals surface area contributed by atoms with Gasteiger partial charge < -0.3 is 8.83 Å². The molecule has 0 atom stereocenters. The first kappa shape index (κ1) is 21.2. The van der Waals surface area contributed by atoms with E-state index in [1.54, 1.807) is 18.4 Å². The summed E-state index contributed by atoms with van der Waals surface area (Å²) in [6, 6.07) is 9.11. The third-order valence-corrected chi connectivity index (χ3v) is 6.32. The van der Waals surface area contributed by atoms with E-state index < -0.39 is 5.91 Å². The van der Waals surface area contributed by atoms with E-state index in [4.69, 9.17) is 8.83 Å². The van der Waals surface area contributed by atoms with E-state index in [0.717, 1.165) is 23.0 Å². The highest BCUT2D eigenvalue weighted by Crippen LogP contribution is 2.26. The van der Waals surface area contributed by atoms with E-state index in [9.17, 15) is 10.1 Å². The van der Waals surface area contributed by atoms with Crippen LogP contribution in [0.2, 0.25) is 0 Å². The molecule has 1 N–H and O–H groups in total. The van der Waals surface area contributed by atoms with Crippen molar-refractivity contribution in [1.29, 1.82) is 5.26 Å². The Morgan fingerprint density at radius 3 is 2.97 bits per heavy atom. The molecule has 29 heavy (non-hydrogen) atoms. The first-order valence-corrected chi connectivity index (χ1v) is 11.4. The topological polar surface area (TPSA) is 105 Å². The van der Waals surface area contributed by atoms with Crippen molar-refractivity contribution in [2.75, 3.05) is 11.1 Å². The maximum Gasteiger partial charge on any atom is 0.268 e. The van der Waals surface area contributed by atoms with Gasteiger partial charge in [-0.1, -0.05) is 37.4 Å². The van der Waals surface area contributed by atoms with Gasteiger partial charge in [-0.2, -0.15) is 14.6 Å². The first-order valence-electron chi connectivity index (χ1n) is 8.68. The maximum absolute atomic E-state index is 12.4. The Morgan fingerprint density at radius 1 is 1.38 bits per heavy atom. The molecule has 1 amide bonds. The molecule has 3 aromatic heterocycles. The largest absolute Gasteiger partial charge is 0.468 e. The van der Waals surface area contributed by atoms with Crippen molar-refractivity contribution in [3.8, 4) is 6.07 Å². The molecule has 7 nitrogen and oxygen atoms in total. The highest BCUT2D eigenvalue weighted by molar-refractivity contribution is 7.99. The number of furan rings is 2. The lowest BCUT2D eigenvalue weighted by Gasteiger charge is -2.00. The maximum atomic E-state index is 12.4. The van der Waals surface area contributed by atoms with Crippen molar-refractivity contribution in [2.45, 2.75) is 29.8 Å². The summed E-state index contributed by atoms with van der Waals surface area (Å²) >= 11 is 4.08. The predicted octanol–water partition coefficient (Wildman–Crippen LogP) is 5.31. The van der Waals surface area contributed by atoms with Crippen LogP contribution >= 0.6 is 35.1 Å². The van der Waals surface area contributed by atoms with Gasteiger partial charge in [-0.15, -0.1) is 0 Å². The van der Waals surface area contributed by atoms with E-state index in [-0.39, 0.29) is 5.57 Å². The van der Waals surface area contributed by atoms with Crippen LogP contribution in [0, 0.1) is 17.2 Å². The zero-order valence-corrected chi connectivity index (χ0v) is 18.2. The van der Waals surface area contributed by atoms with Crippen LogP contribution in [0.25, 0.3) is 6.08 Å². The van der Waals surface area contributed by atoms with Crippen LogP contribution in [0.5, 0.6) is 0 Å². The molecular formula is C19H18N4O3S3. The van der Waals surface area contributed by atoms with Crippen LogP contribution in [0.3, 0.4) is 0 Å². The highest BCUT2D eigenvalue weighted by Gasteiger charge is 2.14. The molecule has 0 unspecified atom stereocenters. The molecule has 0 aromatic carbocycles. The monoisotopic (exact) mass is 446 g/mol. The number of carbonyl (C=O) groups is 1. The molecule has 0 saturated heterocycles. The molecule has 150 valence electrons. The second-order valence-corrected chi connectivity index (χ2v) is 8.95. The normalized spacial score (nSPS) is 11.6. The van der Waals surface area contributed by atoms with Gasteiger partial charge in [0, 0.05) is 23.4 Å². The van der Waals surface area contributed by atoms with Crippen molar-refractivity contribution in [3.63, 3.8) is 0 Å². The first-order chi connectivity index (χ1) is 14.0. The summed E-state index contributed by atoms with van der Waals surface area (Å²) in [6.07, 6.45) is 3.02. The lowest BCUT2D eigenvalue weighted by atomic mass is 10.2. The van der Waals surface area contributed by atoms with Crippen molar-refractivity contribution >= 4 is 52.2 Å². The van der Waals surface area contributed by atoms with E-state index >= 15 is 0 Å². The number of amides is 1. The van der Waals surface area contributed by atoms with Gasteiger partial charge in [-0.05, 0) is 30.2 Å². The number of carbonyl (C=O) groups excluding carboxylic acids is 1. The number of nitrogens with one attached hydrogen (secondary N) is 1. The summed E-state index contributed by atoms with van der Waals surface area (Å²) in [5.41, 5.74) is -0.0754. The van der Waals surface area contributed by atoms with E-state index in [2.05, 4.69) is 28.5 Å². The van der Waals surface area contributed by atoms with Gasteiger partial charge in [0.15, 0.2) is 5.09 Å². The number of nitrogens with zero attached hydrogens (tertiary/aromatic N) is 3. The summed E-state index contributed by atoms with van der Waals surface area (Å²) in [5.74, 6) is 2.75. The predicted molar refractivity (Wildman–Crippen MR) is 115 cm³/mol. The van der Waals surface area contributed by atoms with Crippen molar-refractivity contribution in [3.05, 3.63) is 47.6 Å². The van der Waals surface area contributed by atoms with Gasteiger partial charge >= 0.3 is 0 Å². The molecule has 0 aliphatic carbocycles. The molecule has 0 spiro atoms. The van der Waals surface area contributed by atoms with Crippen molar-refractivity contribution < 1.29 is 13.6 Å². The van der Waals surface area contributed by atoms with Gasteiger partial charge in [-0.3, -0.25) is 10.1 Å². The summed E-state index contributed by atoms with van der Waals surface area (Å²) in [6.45, 7) is 4.23. The Labute approximate surface area is 180 Å². The Balaban J connectivity index is 1.59. The number of thioether (sulfide) groups is 2. The van der Waals surface area contributed by atoms with Crippen molar-refractivity contribution in [2.24, 2.45) is 5.92 Å². The summed E-state index contributed by atoms with van der Waals surface area (Å²) < 4.78 is 15.1. The van der Waals surface area contributed by atoms with E-state index in [1.807, 2.05) is 18.2 Å². The van der Waals surface area contributed by atoms with Gasteiger partial charge in [0.1, 0.15) is 23.2 Å². The van der Waals surface area contributed by atoms with E-state index in [1.165, 1.54) is 29.6 Å². The smallest absolute Gasteiger partial charge is 0.268 e. The molecule has 0 bridgehead atoms. The van der Waals surface area contributed by atoms with Crippen LogP contribution in [0.4, 0.5) is 5.13 Å². The summed E-state index contributed by atoms with van der Waals surface area (Å²) in [4.78, 5) is 16.6. The molecule has 0 aliphatic heterocycles. The second kappa shape index (κ2) is 10.3. The third-order valence-electron chi connectivity index (χ3n) is 3.36. The fourth-order valence-corrected chi connectivity index (χ4v) is 4.30. The van der Waals surface area contributed by atoms with Gasteiger partial charge in [0.2, 0.25) is 10.3 Å². The highest BCUT2D eigenvalue weighted by atomic mass is 32.2. The Kier molecular flexibility index (Phi) is 7.57. The van der Waals surface area contributed by atoms with Gasteiger partial charge in [0.25, 0.3) is 5.91 Å². The number of anilines is 1. The number of hydrogen-bond donors (Lipinski definition) is 1. The Bertz CT molecular complexity index is 1020. The fourth-order valence-electron chi connectivity index (χ4n) is 2.04. The standard InChI is InChI=1S/C19H18N4O3S3/c1-12(2)10-28-19-22-18(29-23-19)21-17(24)13(9-20)8-14-5-6-16(26-14)27-11-15-4-3-7-25-15/h3-8,12H,10-11H2,1-2H3,(H,21,22,23,24)/b13-8-. The Morgan fingerprint density at radius 2 is 2.24 bits per heavy atom. The minimum Gasteiger partial charge on any atom is -0.468 e. The van der Waals surface area contributed by atoms with Crippen LogP contribution in [0.15, 0.2) is 55.2 Å². The second-order valence-electron chi connectivity index (χ2n) is 6.24. The van der Waals surface area contributed by atoms with Crippen molar-refractivity contribution in [1.82, 2.24) is 9.36 Å². The quantitative estimate of drug-likeness (QED) is 0.268. The number of aromatic nitrogens is 2. The average Bonchev–Trinajstić information content (AvgIpc) is 3.44. The van der Waals surface area contributed by atoms with Gasteiger partial charge in [0.05, 0.1) is 12.0 Å². The molecule has 3 aromatic rings. The average molecular weight is 447 g/mol. The number of nitriles is 1. The Hall–Kier alpha value is -2.48. The van der Waals surface area contributed by atoms with E-state index in [0.29, 0.717) is 32.8 Å². The lowest BCUT2D eigenvalue weighted by molar-refractivity contribution is -0.112. The zero-order chi connectivity index (χ0) is 20.6. The van der Waals surface area contributed by atoms with Crippen LogP contribution < -0.4 is 5.32 Å². The molecule has 3 heterocycles. The minimum atomic E-state index is -0.551. The third kappa shape index (κ3) is 6.52. The number of hydrogen-bond acceptors (Lipinski definition) is 9. The summed E-state index contributed by atoms with van der Waals surface area (Å²) in [5, 5.41) is 13.6. The zero-order valence-electron chi connectivity index (χ0n) is 15.7. The minimum absolute atomic E-state index is 0.0754. The molecule has 0 radical (unpaired) electrons. The fraction of sp³-hybridized carbons (Fsp3) is 0.263. The molecule has 10 heteroatoms. The molecule has 0 aliphatic rings.